The highest BCUT2D eigenvalue weighted by atomic mass is 35.5. The van der Waals surface area contributed by atoms with Crippen molar-refractivity contribution in [2.45, 2.75) is 30.8 Å². The fourth-order valence-corrected chi connectivity index (χ4v) is 5.45. The fourth-order valence-electron chi connectivity index (χ4n) is 5.16. The van der Waals surface area contributed by atoms with E-state index in [2.05, 4.69) is 5.32 Å². The van der Waals surface area contributed by atoms with Crippen LogP contribution in [0.1, 0.15) is 29.8 Å². The number of fused-ring (bicyclic) bond motifs is 2. The molecule has 3 fully saturated rings. The largest absolute Gasteiger partial charge is 0.484 e. The summed E-state index contributed by atoms with van der Waals surface area (Å²) in [6.45, 7) is -0.265. The molecule has 2 aromatic carbocycles. The van der Waals surface area contributed by atoms with E-state index in [4.69, 9.17) is 32.4 Å². The number of benzene rings is 2. The molecule has 1 aromatic heterocycles. The Hall–Kier alpha value is -3.10. The van der Waals surface area contributed by atoms with Crippen molar-refractivity contribution in [1.82, 2.24) is 10.2 Å². The first-order valence-electron chi connectivity index (χ1n) is 11.0. The summed E-state index contributed by atoms with van der Waals surface area (Å²) in [4.78, 5) is 39.6. The highest BCUT2D eigenvalue weighted by Crippen LogP contribution is 2.53. The van der Waals surface area contributed by atoms with Gasteiger partial charge < -0.3 is 19.4 Å². The van der Waals surface area contributed by atoms with Gasteiger partial charge in [-0.25, -0.2) is 4.39 Å². The molecule has 2 bridgehead atoms. The Bertz CT molecular complexity index is 1400. The number of carbonyl (C=O) groups excluding carboxylic acids is 2. The van der Waals surface area contributed by atoms with Crippen LogP contribution >= 0.6 is 23.2 Å². The molecule has 0 saturated heterocycles. The van der Waals surface area contributed by atoms with Crippen molar-refractivity contribution in [2.24, 2.45) is 5.92 Å². The number of hydrogen-bond donors (Lipinski definition) is 1. The third-order valence-electron chi connectivity index (χ3n) is 6.83. The molecule has 1 unspecified atom stereocenters. The van der Waals surface area contributed by atoms with Crippen molar-refractivity contribution in [3.63, 3.8) is 0 Å². The number of rotatable bonds is 6. The molecule has 1 heterocycles. The Labute approximate surface area is 209 Å². The van der Waals surface area contributed by atoms with Crippen LogP contribution in [0.25, 0.3) is 11.0 Å². The Kier molecular flexibility index (Phi) is 5.97. The van der Waals surface area contributed by atoms with E-state index < -0.39 is 17.3 Å². The van der Waals surface area contributed by atoms with Crippen LogP contribution in [0.5, 0.6) is 5.75 Å². The molecular formula is C25H21Cl2FN2O5. The summed E-state index contributed by atoms with van der Waals surface area (Å²) >= 11 is 11.6. The number of ether oxygens (including phenoxy) is 1. The molecule has 35 heavy (non-hydrogen) atoms. The molecule has 7 nitrogen and oxygen atoms in total. The third-order valence-corrected chi connectivity index (χ3v) is 7.37. The molecule has 10 heteroatoms. The van der Waals surface area contributed by atoms with Crippen LogP contribution in [-0.4, -0.2) is 41.9 Å². The van der Waals surface area contributed by atoms with Crippen molar-refractivity contribution in [1.29, 1.82) is 0 Å². The molecule has 0 spiro atoms. The van der Waals surface area contributed by atoms with Gasteiger partial charge in [0.05, 0.1) is 10.4 Å². The zero-order valence-electron chi connectivity index (χ0n) is 18.6. The van der Waals surface area contributed by atoms with Crippen LogP contribution in [0.4, 0.5) is 4.39 Å². The average molecular weight is 519 g/mol. The van der Waals surface area contributed by atoms with Gasteiger partial charge in [0.25, 0.3) is 11.8 Å². The van der Waals surface area contributed by atoms with E-state index in [-0.39, 0.29) is 46.4 Å². The number of nitrogens with zero attached hydrogens (tertiary/aromatic N) is 1. The number of nitrogens with one attached hydrogen (secondary N) is 1. The lowest BCUT2D eigenvalue weighted by atomic mass is 9.76. The summed E-state index contributed by atoms with van der Waals surface area (Å²) < 4.78 is 24.6. The molecular weight excluding hydrogens is 498 g/mol. The third kappa shape index (κ3) is 4.48. The number of amides is 2. The van der Waals surface area contributed by atoms with Crippen molar-refractivity contribution in [2.75, 3.05) is 13.7 Å². The van der Waals surface area contributed by atoms with Crippen molar-refractivity contribution >= 4 is 46.0 Å². The maximum Gasteiger partial charge on any atom is 0.289 e. The van der Waals surface area contributed by atoms with E-state index in [1.54, 1.807) is 24.1 Å². The van der Waals surface area contributed by atoms with E-state index in [0.29, 0.717) is 22.4 Å². The summed E-state index contributed by atoms with van der Waals surface area (Å²) in [6.07, 6.45) is 2.04. The van der Waals surface area contributed by atoms with Crippen LogP contribution < -0.4 is 15.5 Å². The van der Waals surface area contributed by atoms with Crippen molar-refractivity contribution in [3.05, 3.63) is 74.3 Å². The molecule has 1 N–H and O–H groups in total. The Morgan fingerprint density at radius 3 is 2.69 bits per heavy atom. The zero-order chi connectivity index (χ0) is 24.9. The highest BCUT2D eigenvalue weighted by molar-refractivity contribution is 6.31. The lowest BCUT2D eigenvalue weighted by Crippen LogP contribution is -2.53. The zero-order valence-corrected chi connectivity index (χ0v) is 20.2. The first-order chi connectivity index (χ1) is 16.6. The summed E-state index contributed by atoms with van der Waals surface area (Å²) in [5, 5.41) is 3.71. The molecule has 3 aliphatic carbocycles. The smallest absolute Gasteiger partial charge is 0.289 e. The van der Waals surface area contributed by atoms with Gasteiger partial charge >= 0.3 is 0 Å². The minimum atomic E-state index is -0.623. The van der Waals surface area contributed by atoms with Crippen LogP contribution in [0.15, 0.2) is 51.7 Å². The van der Waals surface area contributed by atoms with Gasteiger partial charge in [-0.1, -0.05) is 23.2 Å². The first-order valence-corrected chi connectivity index (χ1v) is 11.8. The summed E-state index contributed by atoms with van der Waals surface area (Å²) in [7, 11) is 1.67. The predicted molar refractivity (Wildman–Crippen MR) is 128 cm³/mol. The fraction of sp³-hybridized carbons (Fsp3) is 0.320. The topological polar surface area (TPSA) is 88.9 Å². The quantitative estimate of drug-likeness (QED) is 0.521. The van der Waals surface area contributed by atoms with E-state index in [1.807, 2.05) is 0 Å². The van der Waals surface area contributed by atoms with E-state index in [1.165, 1.54) is 24.3 Å². The van der Waals surface area contributed by atoms with Crippen molar-refractivity contribution in [3.8, 4) is 5.75 Å². The lowest BCUT2D eigenvalue weighted by molar-refractivity contribution is -0.125. The second-order valence-electron chi connectivity index (χ2n) is 9.16. The summed E-state index contributed by atoms with van der Waals surface area (Å²) in [5.74, 6) is -0.958. The monoisotopic (exact) mass is 518 g/mol. The molecule has 182 valence electrons. The van der Waals surface area contributed by atoms with Gasteiger partial charge in [-0.2, -0.15) is 0 Å². The Morgan fingerprint density at radius 1 is 1.17 bits per heavy atom. The normalized spacial score (nSPS) is 22.5. The standard InChI is InChI=1S/C25H21Cl2FN2O5/c1-30(24(33)22-8-20(31)16-6-14(26)2-5-21(16)35-22)19-11-25(9-13(19)10-25)29-23(32)12-34-15-3-4-17(27)18(28)7-15/h2-8,13,19H,9-12H2,1H3,(H,29,32). The highest BCUT2D eigenvalue weighted by Gasteiger charge is 2.58. The van der Waals surface area contributed by atoms with E-state index >= 15 is 0 Å². The van der Waals surface area contributed by atoms with Crippen LogP contribution in [-0.2, 0) is 4.79 Å². The van der Waals surface area contributed by atoms with Gasteiger partial charge in [0.15, 0.2) is 17.8 Å². The molecule has 2 amide bonds. The van der Waals surface area contributed by atoms with E-state index in [0.717, 1.165) is 18.9 Å². The minimum Gasteiger partial charge on any atom is -0.484 e. The molecule has 3 saturated carbocycles. The van der Waals surface area contributed by atoms with Gasteiger partial charge in [-0.05, 0) is 55.5 Å². The lowest BCUT2D eigenvalue weighted by Gasteiger charge is -2.39. The Morgan fingerprint density at radius 2 is 1.94 bits per heavy atom. The maximum absolute atomic E-state index is 13.5. The number of hydrogen-bond acceptors (Lipinski definition) is 5. The Balaban J connectivity index is 1.22. The van der Waals surface area contributed by atoms with Crippen LogP contribution in [0, 0.1) is 11.7 Å². The first kappa shape index (κ1) is 23.6. The SMILES string of the molecule is CN(C(=O)c1cc(=O)c2cc(Cl)ccc2o1)C1CC2(NC(=O)COc3ccc(Cl)c(F)c3)CC1C2. The average Bonchev–Trinajstić information content (AvgIpc) is 3.34. The van der Waals surface area contributed by atoms with Gasteiger partial charge in [-0.3, -0.25) is 14.4 Å². The maximum atomic E-state index is 13.5. The number of carbonyl (C=O) groups is 2. The summed E-state index contributed by atoms with van der Waals surface area (Å²) in [5.41, 5.74) is -0.472. The molecule has 3 aliphatic rings. The van der Waals surface area contributed by atoms with Gasteiger partial charge in [0.1, 0.15) is 17.1 Å². The second-order valence-corrected chi connectivity index (χ2v) is 10.0. The summed E-state index contributed by atoms with van der Waals surface area (Å²) in [6, 6.07) is 9.71. The second kappa shape index (κ2) is 8.84. The van der Waals surface area contributed by atoms with Crippen LogP contribution in [0.3, 0.4) is 0 Å². The van der Waals surface area contributed by atoms with Gasteiger partial charge in [0, 0.05) is 35.8 Å². The molecule has 3 aromatic rings. The van der Waals surface area contributed by atoms with Crippen molar-refractivity contribution < 1.29 is 23.1 Å². The molecule has 0 aliphatic heterocycles. The van der Waals surface area contributed by atoms with Gasteiger partial charge in [0.2, 0.25) is 0 Å². The molecule has 0 radical (unpaired) electrons. The molecule has 1 atom stereocenters. The predicted octanol–water partition coefficient (Wildman–Crippen LogP) is 4.43. The number of halogens is 3. The van der Waals surface area contributed by atoms with Crippen LogP contribution in [0.2, 0.25) is 10.0 Å². The minimum absolute atomic E-state index is 0.0239. The molecule has 6 rings (SSSR count). The van der Waals surface area contributed by atoms with Gasteiger partial charge in [-0.15, -0.1) is 0 Å². The van der Waals surface area contributed by atoms with E-state index in [9.17, 15) is 18.8 Å².